The Labute approximate surface area is 116 Å². The number of hydrogen-bond donors (Lipinski definition) is 2. The Kier molecular flexibility index (Phi) is 6.25. The minimum atomic E-state index is 0.266. The van der Waals surface area contributed by atoms with E-state index in [1.165, 1.54) is 0 Å². The molecule has 19 heavy (non-hydrogen) atoms. The van der Waals surface area contributed by atoms with Crippen molar-refractivity contribution >= 4 is 0 Å². The van der Waals surface area contributed by atoms with Crippen molar-refractivity contribution in [3.05, 3.63) is 23.5 Å². The molecule has 0 fully saturated rings. The molecule has 0 radical (unpaired) electrons. The van der Waals surface area contributed by atoms with E-state index >= 15 is 0 Å². The maximum atomic E-state index is 9.71. The highest BCUT2D eigenvalue weighted by atomic mass is 16.3. The van der Waals surface area contributed by atoms with Crippen LogP contribution in [0.1, 0.15) is 39.1 Å². The van der Waals surface area contributed by atoms with E-state index in [1.54, 1.807) is 6.07 Å². The van der Waals surface area contributed by atoms with Crippen LogP contribution in [0.5, 0.6) is 5.75 Å². The zero-order valence-electron chi connectivity index (χ0n) is 12.8. The van der Waals surface area contributed by atoms with Gasteiger partial charge < -0.3 is 10.4 Å². The normalized spacial score (nSPS) is 11.8. The summed E-state index contributed by atoms with van der Waals surface area (Å²) in [5.74, 6) is 0.266. The maximum absolute atomic E-state index is 9.71. The Morgan fingerprint density at radius 2 is 1.84 bits per heavy atom. The fourth-order valence-corrected chi connectivity index (χ4v) is 2.26. The molecule has 0 aromatic carbocycles. The van der Waals surface area contributed by atoms with Crippen LogP contribution in [0.2, 0.25) is 0 Å². The van der Waals surface area contributed by atoms with Gasteiger partial charge in [-0.2, -0.15) is 0 Å². The minimum absolute atomic E-state index is 0.266. The standard InChI is InChI=1S/C15H27N3O/c1-11(2)18(12(3)4)9-8-16-10-14-15(19)7-6-13(5)17-14/h6-7,11-12,16,19H,8-10H2,1-5H3. The Hall–Kier alpha value is -1.13. The minimum Gasteiger partial charge on any atom is -0.506 e. The van der Waals surface area contributed by atoms with Gasteiger partial charge in [-0.1, -0.05) is 0 Å². The molecule has 0 amide bonds. The van der Waals surface area contributed by atoms with E-state index in [1.807, 2.05) is 13.0 Å². The first-order valence-corrected chi connectivity index (χ1v) is 7.03. The summed E-state index contributed by atoms with van der Waals surface area (Å²) in [7, 11) is 0. The molecule has 0 unspecified atom stereocenters. The average molecular weight is 265 g/mol. The third-order valence-corrected chi connectivity index (χ3v) is 3.26. The van der Waals surface area contributed by atoms with Crippen LogP contribution in [0, 0.1) is 6.92 Å². The Bertz CT molecular complexity index is 383. The molecular weight excluding hydrogens is 238 g/mol. The van der Waals surface area contributed by atoms with E-state index in [4.69, 9.17) is 0 Å². The first-order valence-electron chi connectivity index (χ1n) is 7.03. The fraction of sp³-hybridized carbons (Fsp3) is 0.667. The molecule has 4 nitrogen and oxygen atoms in total. The van der Waals surface area contributed by atoms with Gasteiger partial charge in [-0.25, -0.2) is 0 Å². The van der Waals surface area contributed by atoms with Crippen molar-refractivity contribution in [1.29, 1.82) is 0 Å². The van der Waals surface area contributed by atoms with Gasteiger partial charge in [0.05, 0.1) is 5.69 Å². The van der Waals surface area contributed by atoms with Gasteiger partial charge in [-0.05, 0) is 46.8 Å². The monoisotopic (exact) mass is 265 g/mol. The van der Waals surface area contributed by atoms with Gasteiger partial charge in [0, 0.05) is 37.4 Å². The summed E-state index contributed by atoms with van der Waals surface area (Å²) in [5, 5.41) is 13.1. The van der Waals surface area contributed by atoms with Gasteiger partial charge in [-0.15, -0.1) is 0 Å². The van der Waals surface area contributed by atoms with Gasteiger partial charge in [0.25, 0.3) is 0 Å². The van der Waals surface area contributed by atoms with Crippen LogP contribution >= 0.6 is 0 Å². The molecule has 2 N–H and O–H groups in total. The predicted octanol–water partition coefficient (Wildman–Crippen LogP) is 2.30. The number of nitrogens with one attached hydrogen (secondary N) is 1. The second-order valence-corrected chi connectivity index (χ2v) is 5.52. The van der Waals surface area contributed by atoms with E-state index < -0.39 is 0 Å². The lowest BCUT2D eigenvalue weighted by atomic mass is 10.2. The van der Waals surface area contributed by atoms with Crippen LogP contribution in [0.25, 0.3) is 0 Å². The smallest absolute Gasteiger partial charge is 0.138 e. The number of pyridine rings is 1. The van der Waals surface area contributed by atoms with Crippen LogP contribution in [-0.4, -0.2) is 40.2 Å². The maximum Gasteiger partial charge on any atom is 0.138 e. The van der Waals surface area contributed by atoms with Crippen molar-refractivity contribution in [3.63, 3.8) is 0 Å². The van der Waals surface area contributed by atoms with Crippen molar-refractivity contribution < 1.29 is 5.11 Å². The molecule has 0 saturated carbocycles. The molecule has 0 bridgehead atoms. The molecule has 1 aromatic heterocycles. The molecule has 0 atom stereocenters. The zero-order chi connectivity index (χ0) is 14.4. The highest BCUT2D eigenvalue weighted by Gasteiger charge is 2.12. The van der Waals surface area contributed by atoms with Gasteiger partial charge in [0.1, 0.15) is 5.75 Å². The molecule has 0 saturated heterocycles. The summed E-state index contributed by atoms with van der Waals surface area (Å²) in [6.07, 6.45) is 0. The van der Waals surface area contributed by atoms with Crippen molar-refractivity contribution in [2.24, 2.45) is 0 Å². The third-order valence-electron chi connectivity index (χ3n) is 3.26. The van der Waals surface area contributed by atoms with Crippen LogP contribution in [-0.2, 0) is 6.54 Å². The summed E-state index contributed by atoms with van der Waals surface area (Å²) in [6, 6.07) is 4.62. The lowest BCUT2D eigenvalue weighted by Gasteiger charge is -2.30. The highest BCUT2D eigenvalue weighted by molar-refractivity contribution is 5.27. The Balaban J connectivity index is 2.40. The summed E-state index contributed by atoms with van der Waals surface area (Å²) in [5.41, 5.74) is 1.65. The lowest BCUT2D eigenvalue weighted by Crippen LogP contribution is -2.41. The second-order valence-electron chi connectivity index (χ2n) is 5.52. The Morgan fingerprint density at radius 1 is 1.21 bits per heavy atom. The SMILES string of the molecule is Cc1ccc(O)c(CNCCN(C(C)C)C(C)C)n1. The third kappa shape index (κ3) is 5.17. The number of rotatable bonds is 7. The van der Waals surface area contributed by atoms with Gasteiger partial charge in [-0.3, -0.25) is 9.88 Å². The lowest BCUT2D eigenvalue weighted by molar-refractivity contribution is 0.175. The van der Waals surface area contributed by atoms with Crippen molar-refractivity contribution in [2.45, 2.75) is 53.2 Å². The van der Waals surface area contributed by atoms with Crippen LogP contribution in [0.4, 0.5) is 0 Å². The summed E-state index contributed by atoms with van der Waals surface area (Å²) < 4.78 is 0. The largest absolute Gasteiger partial charge is 0.506 e. The van der Waals surface area contributed by atoms with Gasteiger partial charge >= 0.3 is 0 Å². The molecule has 108 valence electrons. The summed E-state index contributed by atoms with van der Waals surface area (Å²) in [6.45, 7) is 13.3. The van der Waals surface area contributed by atoms with Crippen LogP contribution in [0.15, 0.2) is 12.1 Å². The second kappa shape index (κ2) is 7.46. The predicted molar refractivity (Wildman–Crippen MR) is 79.3 cm³/mol. The summed E-state index contributed by atoms with van der Waals surface area (Å²) >= 11 is 0. The van der Waals surface area contributed by atoms with Crippen molar-refractivity contribution in [2.75, 3.05) is 13.1 Å². The van der Waals surface area contributed by atoms with Gasteiger partial charge in [0.15, 0.2) is 0 Å². The van der Waals surface area contributed by atoms with E-state index in [0.717, 1.165) is 24.5 Å². The topological polar surface area (TPSA) is 48.4 Å². The van der Waals surface area contributed by atoms with Gasteiger partial charge in [0.2, 0.25) is 0 Å². The van der Waals surface area contributed by atoms with E-state index in [9.17, 15) is 5.11 Å². The zero-order valence-corrected chi connectivity index (χ0v) is 12.8. The number of aromatic hydroxyl groups is 1. The van der Waals surface area contributed by atoms with Crippen LogP contribution < -0.4 is 5.32 Å². The molecule has 0 aliphatic carbocycles. The van der Waals surface area contributed by atoms with Crippen LogP contribution in [0.3, 0.4) is 0 Å². The first-order chi connectivity index (χ1) is 8.91. The van der Waals surface area contributed by atoms with Crippen molar-refractivity contribution in [1.82, 2.24) is 15.2 Å². The highest BCUT2D eigenvalue weighted by Crippen LogP contribution is 2.14. The number of aromatic nitrogens is 1. The molecule has 0 aliphatic heterocycles. The van der Waals surface area contributed by atoms with E-state index in [0.29, 0.717) is 18.6 Å². The number of nitrogens with zero attached hydrogens (tertiary/aromatic N) is 2. The summed E-state index contributed by atoms with van der Waals surface area (Å²) in [4.78, 5) is 6.77. The molecule has 0 aliphatic rings. The first kappa shape index (κ1) is 15.9. The fourth-order valence-electron chi connectivity index (χ4n) is 2.26. The molecule has 1 aromatic rings. The molecule has 1 rings (SSSR count). The number of aryl methyl sites for hydroxylation is 1. The average Bonchev–Trinajstić information content (AvgIpc) is 2.32. The quantitative estimate of drug-likeness (QED) is 0.743. The Morgan fingerprint density at radius 3 is 2.42 bits per heavy atom. The number of hydrogen-bond acceptors (Lipinski definition) is 4. The molecule has 4 heteroatoms. The molecule has 1 heterocycles. The molecule has 0 spiro atoms. The van der Waals surface area contributed by atoms with E-state index in [2.05, 4.69) is 42.9 Å². The van der Waals surface area contributed by atoms with E-state index in [-0.39, 0.29) is 5.75 Å². The molecular formula is C15H27N3O. The van der Waals surface area contributed by atoms with Crippen molar-refractivity contribution in [3.8, 4) is 5.75 Å².